The molecule has 128 valence electrons. The van der Waals surface area contributed by atoms with E-state index in [1.807, 2.05) is 6.07 Å². The van der Waals surface area contributed by atoms with Crippen molar-refractivity contribution in [3.05, 3.63) is 34.9 Å². The lowest BCUT2D eigenvalue weighted by Crippen LogP contribution is -2.51. The third-order valence-electron chi connectivity index (χ3n) is 5.78. The summed E-state index contributed by atoms with van der Waals surface area (Å²) in [7, 11) is 0. The van der Waals surface area contributed by atoms with Crippen LogP contribution in [0.4, 0.5) is 13.2 Å². The third kappa shape index (κ3) is 2.73. The van der Waals surface area contributed by atoms with Gasteiger partial charge in [0.15, 0.2) is 0 Å². The molecule has 1 saturated carbocycles. The molecule has 0 amide bonds. The number of benzene rings is 1. The number of halogens is 3. The van der Waals surface area contributed by atoms with Gasteiger partial charge in [0.25, 0.3) is 0 Å². The van der Waals surface area contributed by atoms with Gasteiger partial charge in [-0.1, -0.05) is 12.0 Å². The smallest absolute Gasteiger partial charge is 0.243 e. The molecule has 24 heavy (non-hydrogen) atoms. The van der Waals surface area contributed by atoms with Crippen molar-refractivity contribution in [2.75, 3.05) is 13.1 Å². The molecular weight excluding hydrogens is 333 g/mol. The largest absolute Gasteiger partial charge is 0.402 e. The minimum absolute atomic E-state index is 0.217. The van der Waals surface area contributed by atoms with Crippen LogP contribution < -0.4 is 4.72 Å². The molecule has 3 aliphatic rings. The number of alkyl halides is 3. The minimum Gasteiger partial charge on any atom is -0.243 e. The fourth-order valence-corrected chi connectivity index (χ4v) is 5.86. The molecule has 1 heterocycles. The second-order valence-electron chi connectivity index (χ2n) is 7.15. The van der Waals surface area contributed by atoms with Gasteiger partial charge in [-0.15, -0.1) is 6.42 Å². The molecule has 3 atom stereocenters. The second kappa shape index (κ2) is 5.69. The summed E-state index contributed by atoms with van der Waals surface area (Å²) in [6, 6.07) is 6.16. The molecule has 2 nitrogen and oxygen atoms in total. The lowest BCUT2D eigenvalue weighted by Gasteiger charge is -2.34. The highest BCUT2D eigenvalue weighted by atomic mass is 32.2. The van der Waals surface area contributed by atoms with E-state index in [2.05, 4.69) is 22.8 Å². The topological polar surface area (TPSA) is 15.3 Å². The van der Waals surface area contributed by atoms with Crippen LogP contribution in [-0.4, -0.2) is 29.1 Å². The Morgan fingerprint density at radius 2 is 1.96 bits per heavy atom. The van der Waals surface area contributed by atoms with Crippen LogP contribution in [0.25, 0.3) is 0 Å². The molecular formula is C18H19F3N2S. The Bertz CT molecular complexity index is 696. The van der Waals surface area contributed by atoms with E-state index >= 15 is 0 Å². The normalized spacial score (nSPS) is 32.6. The van der Waals surface area contributed by atoms with Crippen molar-refractivity contribution in [1.29, 1.82) is 0 Å². The van der Waals surface area contributed by atoms with E-state index < -0.39 is 12.7 Å². The molecule has 2 aliphatic carbocycles. The molecule has 1 aromatic rings. The van der Waals surface area contributed by atoms with Crippen molar-refractivity contribution < 1.29 is 13.2 Å². The second-order valence-corrected chi connectivity index (χ2v) is 8.06. The Morgan fingerprint density at radius 3 is 2.62 bits per heavy atom. The summed E-state index contributed by atoms with van der Waals surface area (Å²) in [6.07, 6.45) is 5.32. The highest BCUT2D eigenvalue weighted by Gasteiger charge is 2.56. The summed E-state index contributed by atoms with van der Waals surface area (Å²) in [5.74, 6) is 3.43. The molecule has 6 heteroatoms. The molecule has 4 rings (SSSR count). The van der Waals surface area contributed by atoms with Gasteiger partial charge in [0, 0.05) is 29.8 Å². The van der Waals surface area contributed by atoms with Crippen LogP contribution in [0.2, 0.25) is 0 Å². The molecule has 1 aliphatic heterocycles. The molecule has 1 aromatic carbocycles. The summed E-state index contributed by atoms with van der Waals surface area (Å²) >= 11 is 1.15. The van der Waals surface area contributed by atoms with E-state index in [1.165, 1.54) is 15.4 Å². The first-order valence-corrected chi connectivity index (χ1v) is 9.01. The monoisotopic (exact) mass is 352 g/mol. The Morgan fingerprint density at radius 1 is 1.25 bits per heavy atom. The van der Waals surface area contributed by atoms with Crippen molar-refractivity contribution in [1.82, 2.24) is 9.03 Å². The van der Waals surface area contributed by atoms with Gasteiger partial charge in [-0.3, -0.25) is 0 Å². The first-order valence-electron chi connectivity index (χ1n) is 8.24. The zero-order chi connectivity index (χ0) is 16.9. The van der Waals surface area contributed by atoms with Crippen molar-refractivity contribution in [2.24, 2.45) is 11.8 Å². The van der Waals surface area contributed by atoms with Crippen LogP contribution in [0, 0.1) is 24.2 Å². The van der Waals surface area contributed by atoms with Crippen LogP contribution >= 0.6 is 12.1 Å². The molecule has 1 N–H and O–H groups in total. The van der Waals surface area contributed by atoms with E-state index in [0.717, 1.165) is 43.4 Å². The van der Waals surface area contributed by atoms with Gasteiger partial charge in [-0.2, -0.15) is 13.2 Å². The third-order valence-corrected chi connectivity index (χ3v) is 6.77. The van der Waals surface area contributed by atoms with Gasteiger partial charge in [0.1, 0.15) is 6.54 Å². The van der Waals surface area contributed by atoms with Crippen LogP contribution in [0.15, 0.2) is 18.2 Å². The number of fused-ring (bicyclic) bond motifs is 1. The van der Waals surface area contributed by atoms with Crippen molar-refractivity contribution >= 4 is 12.1 Å². The van der Waals surface area contributed by atoms with E-state index in [-0.39, 0.29) is 5.54 Å². The molecule has 2 bridgehead atoms. The maximum Gasteiger partial charge on any atom is 0.402 e. The molecule has 2 fully saturated rings. The fourth-order valence-electron chi connectivity index (χ4n) is 4.67. The van der Waals surface area contributed by atoms with Gasteiger partial charge >= 0.3 is 6.18 Å². The van der Waals surface area contributed by atoms with Gasteiger partial charge < -0.3 is 0 Å². The fraction of sp³-hybridized carbons (Fsp3) is 0.556. The van der Waals surface area contributed by atoms with Crippen molar-refractivity contribution in [3.63, 3.8) is 0 Å². The number of terminal acetylenes is 1. The number of hydrogen-bond acceptors (Lipinski definition) is 3. The zero-order valence-corrected chi connectivity index (χ0v) is 14.0. The van der Waals surface area contributed by atoms with Crippen molar-refractivity contribution in [3.8, 4) is 12.3 Å². The summed E-state index contributed by atoms with van der Waals surface area (Å²) in [4.78, 5) is 0. The van der Waals surface area contributed by atoms with Crippen LogP contribution in [0.5, 0.6) is 0 Å². The Kier molecular flexibility index (Phi) is 3.87. The van der Waals surface area contributed by atoms with Crippen LogP contribution in [-0.2, 0) is 12.8 Å². The summed E-state index contributed by atoms with van der Waals surface area (Å²) < 4.78 is 43.1. The minimum atomic E-state index is -4.16. The lowest BCUT2D eigenvalue weighted by molar-refractivity contribution is -0.135. The highest BCUT2D eigenvalue weighted by Crippen LogP contribution is 2.51. The quantitative estimate of drug-likeness (QED) is 0.615. The molecule has 1 saturated heterocycles. The van der Waals surface area contributed by atoms with Crippen molar-refractivity contribution in [2.45, 2.75) is 37.4 Å². The molecule has 0 unspecified atom stereocenters. The van der Waals surface area contributed by atoms with Crippen LogP contribution in [0.1, 0.15) is 29.5 Å². The van der Waals surface area contributed by atoms with Crippen LogP contribution in [0.3, 0.4) is 0 Å². The maximum atomic E-state index is 12.8. The molecule has 1 spiro atoms. The van der Waals surface area contributed by atoms with Gasteiger partial charge in [0.05, 0.1) is 0 Å². The average molecular weight is 352 g/mol. The first kappa shape index (κ1) is 16.3. The van der Waals surface area contributed by atoms with E-state index in [1.54, 1.807) is 0 Å². The predicted molar refractivity (Wildman–Crippen MR) is 89.1 cm³/mol. The van der Waals surface area contributed by atoms with E-state index in [4.69, 9.17) is 6.42 Å². The zero-order valence-electron chi connectivity index (χ0n) is 13.2. The average Bonchev–Trinajstić information content (AvgIpc) is 3.00. The number of rotatable bonds is 1. The first-order chi connectivity index (χ1) is 11.4. The Labute approximate surface area is 144 Å². The Balaban J connectivity index is 1.61. The maximum absolute atomic E-state index is 12.8. The number of hydrogen-bond donors (Lipinski definition) is 1. The molecule has 0 aromatic heterocycles. The van der Waals surface area contributed by atoms with E-state index in [9.17, 15) is 13.2 Å². The molecule has 0 radical (unpaired) electrons. The summed E-state index contributed by atoms with van der Waals surface area (Å²) in [5.41, 5.74) is 3.25. The summed E-state index contributed by atoms with van der Waals surface area (Å²) in [6.45, 7) is -0.400. The van der Waals surface area contributed by atoms with Gasteiger partial charge in [0.2, 0.25) is 0 Å². The number of nitrogens with one attached hydrogen (secondary N) is 1. The summed E-state index contributed by atoms with van der Waals surface area (Å²) in [5, 5.41) is 0. The SMILES string of the molecule is C#Cc1ccc2c(c1)C[C@H]1CC[C@@H](C2)[C@]12CN(CC(F)(F)F)SN2. The number of nitrogens with zero attached hydrogens (tertiary/aromatic N) is 1. The lowest BCUT2D eigenvalue weighted by atomic mass is 9.79. The van der Waals surface area contributed by atoms with Gasteiger partial charge in [-0.05, 0) is 60.8 Å². The van der Waals surface area contributed by atoms with Gasteiger partial charge in [-0.25, -0.2) is 9.03 Å². The standard InChI is InChI=1S/C18H19F3N2S/c1-2-12-3-4-13-8-15-5-6-16(9-14(13)7-12)17(15)10-23(24-22-17)11-18(19,20)21/h1,3-4,7,15-16,22H,5-6,8-11H2/t15-,16+,17+/m0/s1. The Hall–Kier alpha value is -1.16. The predicted octanol–water partition coefficient (Wildman–Crippen LogP) is 3.56. The van der Waals surface area contributed by atoms with E-state index in [0.29, 0.717) is 18.4 Å². The highest BCUT2D eigenvalue weighted by molar-refractivity contribution is 7.95.